The monoisotopic (exact) mass is 467 g/mol. The van der Waals surface area contributed by atoms with E-state index in [1.54, 1.807) is 12.1 Å². The summed E-state index contributed by atoms with van der Waals surface area (Å²) in [6, 6.07) is 15.4. The molecule has 0 radical (unpaired) electrons. The highest BCUT2D eigenvalue weighted by Crippen LogP contribution is 2.44. The van der Waals surface area contributed by atoms with Gasteiger partial charge in [-0.05, 0) is 66.9 Å². The van der Waals surface area contributed by atoms with Crippen LogP contribution in [-0.4, -0.2) is 21.9 Å². The zero-order valence-electron chi connectivity index (χ0n) is 17.3. The average Bonchev–Trinajstić information content (AvgIpc) is 3.02. The fourth-order valence-corrected chi connectivity index (χ4v) is 4.13. The van der Waals surface area contributed by atoms with E-state index < -0.39 is 17.7 Å². The second-order valence-electron chi connectivity index (χ2n) is 7.68. The number of aliphatic hydroxyl groups is 1. The second-order valence-corrected chi connectivity index (χ2v) is 8.49. The summed E-state index contributed by atoms with van der Waals surface area (Å²) in [7, 11) is 0. The first kappa shape index (κ1) is 21.9. The standard InChI is InChI=1S/C25H19Cl2NO4/c1-13-3-4-14(2)20(11-13)28-22(15-5-8-17(29)9-6-15)21(24(31)25(28)32)23(30)16-7-10-18(26)19(27)12-16/h3-12,22,29-30H,1-2H3/b23-21-. The molecule has 1 amide bonds. The smallest absolute Gasteiger partial charge is 0.300 e. The van der Waals surface area contributed by atoms with Crippen LogP contribution in [0.25, 0.3) is 5.76 Å². The molecule has 162 valence electrons. The molecule has 2 N–H and O–H groups in total. The van der Waals surface area contributed by atoms with Gasteiger partial charge in [-0.1, -0.05) is 47.5 Å². The van der Waals surface area contributed by atoms with Gasteiger partial charge in [0.15, 0.2) is 0 Å². The van der Waals surface area contributed by atoms with Gasteiger partial charge in [0.05, 0.1) is 21.7 Å². The molecule has 3 aromatic rings. The number of halogens is 2. The molecule has 1 saturated heterocycles. The second kappa shape index (κ2) is 8.34. The Hall–Kier alpha value is -3.28. The van der Waals surface area contributed by atoms with Crippen molar-refractivity contribution in [2.24, 2.45) is 0 Å². The van der Waals surface area contributed by atoms with E-state index in [1.165, 1.54) is 35.2 Å². The Morgan fingerprint density at radius 3 is 2.25 bits per heavy atom. The van der Waals surface area contributed by atoms with Crippen LogP contribution in [-0.2, 0) is 9.59 Å². The van der Waals surface area contributed by atoms with Gasteiger partial charge >= 0.3 is 0 Å². The van der Waals surface area contributed by atoms with Crippen LogP contribution in [0.4, 0.5) is 5.69 Å². The van der Waals surface area contributed by atoms with E-state index in [1.807, 2.05) is 32.0 Å². The maximum absolute atomic E-state index is 13.2. The highest BCUT2D eigenvalue weighted by molar-refractivity contribution is 6.52. The Balaban J connectivity index is 1.99. The number of hydrogen-bond acceptors (Lipinski definition) is 4. The first-order chi connectivity index (χ1) is 15.2. The van der Waals surface area contributed by atoms with Gasteiger partial charge in [0.2, 0.25) is 0 Å². The summed E-state index contributed by atoms with van der Waals surface area (Å²) in [6.07, 6.45) is 0. The number of anilines is 1. The highest BCUT2D eigenvalue weighted by Gasteiger charge is 2.47. The number of ketones is 1. The molecular weight excluding hydrogens is 449 g/mol. The molecule has 1 aliphatic heterocycles. The normalized spacial score (nSPS) is 17.8. The lowest BCUT2D eigenvalue weighted by atomic mass is 9.94. The summed E-state index contributed by atoms with van der Waals surface area (Å²) in [4.78, 5) is 27.8. The number of phenolic OH excluding ortho intramolecular Hbond substituents is 1. The predicted octanol–water partition coefficient (Wildman–Crippen LogP) is 5.94. The number of aromatic hydroxyl groups is 1. The number of benzene rings is 3. The highest BCUT2D eigenvalue weighted by atomic mass is 35.5. The lowest BCUT2D eigenvalue weighted by Crippen LogP contribution is -2.30. The molecular formula is C25H19Cl2NO4. The summed E-state index contributed by atoms with van der Waals surface area (Å²) < 4.78 is 0. The number of carbonyl (C=O) groups is 2. The van der Waals surface area contributed by atoms with Crippen LogP contribution in [0.3, 0.4) is 0 Å². The van der Waals surface area contributed by atoms with Gasteiger partial charge in [-0.15, -0.1) is 0 Å². The molecule has 1 unspecified atom stereocenters. The van der Waals surface area contributed by atoms with Gasteiger partial charge < -0.3 is 10.2 Å². The zero-order valence-corrected chi connectivity index (χ0v) is 18.8. The summed E-state index contributed by atoms with van der Waals surface area (Å²) >= 11 is 12.1. The van der Waals surface area contributed by atoms with Gasteiger partial charge in [0.25, 0.3) is 11.7 Å². The van der Waals surface area contributed by atoms with Gasteiger partial charge in [-0.3, -0.25) is 14.5 Å². The molecule has 4 rings (SSSR count). The molecule has 0 saturated carbocycles. The summed E-state index contributed by atoms with van der Waals surface area (Å²) in [5.74, 6) is -1.87. The number of aryl methyl sites for hydroxylation is 2. The largest absolute Gasteiger partial charge is 0.508 e. The minimum absolute atomic E-state index is 0.0434. The Labute approximate surface area is 195 Å². The van der Waals surface area contributed by atoms with Gasteiger partial charge in [-0.2, -0.15) is 0 Å². The number of aliphatic hydroxyl groups excluding tert-OH is 1. The molecule has 0 spiro atoms. The maximum Gasteiger partial charge on any atom is 0.300 e. The molecule has 3 aromatic carbocycles. The van der Waals surface area contributed by atoms with Gasteiger partial charge in [0, 0.05) is 11.3 Å². The molecule has 5 nitrogen and oxygen atoms in total. The number of Topliss-reactive ketones (excluding diaryl/α,β-unsaturated/α-hetero) is 1. The van der Waals surface area contributed by atoms with Crippen LogP contribution >= 0.6 is 23.2 Å². The Morgan fingerprint density at radius 1 is 0.906 bits per heavy atom. The minimum atomic E-state index is -0.898. The van der Waals surface area contributed by atoms with Crippen molar-refractivity contribution < 1.29 is 19.8 Å². The van der Waals surface area contributed by atoms with Crippen LogP contribution in [0, 0.1) is 13.8 Å². The molecule has 0 aromatic heterocycles. The minimum Gasteiger partial charge on any atom is -0.508 e. The van der Waals surface area contributed by atoms with Crippen molar-refractivity contribution in [2.75, 3.05) is 4.90 Å². The van der Waals surface area contributed by atoms with E-state index in [4.69, 9.17) is 23.2 Å². The fraction of sp³-hybridized carbons (Fsp3) is 0.120. The Morgan fingerprint density at radius 2 is 1.59 bits per heavy atom. The van der Waals surface area contributed by atoms with E-state index in [0.717, 1.165) is 11.1 Å². The third-order valence-corrected chi connectivity index (χ3v) is 6.21. The van der Waals surface area contributed by atoms with E-state index in [2.05, 4.69) is 0 Å². The molecule has 7 heteroatoms. The first-order valence-electron chi connectivity index (χ1n) is 9.81. The summed E-state index contributed by atoms with van der Waals surface area (Å²) in [5, 5.41) is 21.4. The molecule has 1 heterocycles. The van der Waals surface area contributed by atoms with Crippen LogP contribution in [0.15, 0.2) is 66.2 Å². The van der Waals surface area contributed by atoms with Crippen LogP contribution < -0.4 is 4.90 Å². The first-order valence-corrected chi connectivity index (χ1v) is 10.6. The van der Waals surface area contributed by atoms with Crippen LogP contribution in [0.2, 0.25) is 10.0 Å². The van der Waals surface area contributed by atoms with E-state index >= 15 is 0 Å². The van der Waals surface area contributed by atoms with Gasteiger partial charge in [-0.25, -0.2) is 0 Å². The zero-order chi connectivity index (χ0) is 23.2. The molecule has 1 atom stereocenters. The molecule has 1 fully saturated rings. The van der Waals surface area contributed by atoms with Crippen molar-refractivity contribution in [3.05, 3.63) is 98.5 Å². The van der Waals surface area contributed by atoms with Crippen molar-refractivity contribution in [1.82, 2.24) is 0 Å². The Kier molecular flexibility index (Phi) is 5.71. The number of carbonyl (C=O) groups excluding carboxylic acids is 2. The maximum atomic E-state index is 13.2. The summed E-state index contributed by atoms with van der Waals surface area (Å²) in [6.45, 7) is 3.74. The van der Waals surface area contributed by atoms with Crippen molar-refractivity contribution >= 4 is 46.3 Å². The molecule has 1 aliphatic rings. The number of phenols is 1. The quantitative estimate of drug-likeness (QED) is 0.283. The average molecular weight is 468 g/mol. The topological polar surface area (TPSA) is 77.8 Å². The molecule has 0 aliphatic carbocycles. The molecule has 32 heavy (non-hydrogen) atoms. The van der Waals surface area contributed by atoms with E-state index in [0.29, 0.717) is 16.3 Å². The number of nitrogens with zero attached hydrogens (tertiary/aromatic N) is 1. The van der Waals surface area contributed by atoms with Crippen molar-refractivity contribution in [2.45, 2.75) is 19.9 Å². The molecule has 0 bridgehead atoms. The van der Waals surface area contributed by atoms with E-state index in [-0.39, 0.29) is 27.7 Å². The van der Waals surface area contributed by atoms with Crippen LogP contribution in [0.5, 0.6) is 5.75 Å². The third kappa shape index (κ3) is 3.74. The lowest BCUT2D eigenvalue weighted by molar-refractivity contribution is -0.132. The summed E-state index contributed by atoms with van der Waals surface area (Å²) in [5.41, 5.74) is 3.04. The Bertz CT molecular complexity index is 1280. The van der Waals surface area contributed by atoms with Crippen molar-refractivity contribution in [1.29, 1.82) is 0 Å². The van der Waals surface area contributed by atoms with Crippen molar-refractivity contribution in [3.63, 3.8) is 0 Å². The van der Waals surface area contributed by atoms with E-state index in [9.17, 15) is 19.8 Å². The predicted molar refractivity (Wildman–Crippen MR) is 125 cm³/mol. The fourth-order valence-electron chi connectivity index (χ4n) is 3.83. The number of hydrogen-bond donors (Lipinski definition) is 2. The van der Waals surface area contributed by atoms with Crippen molar-refractivity contribution in [3.8, 4) is 5.75 Å². The lowest BCUT2D eigenvalue weighted by Gasteiger charge is -2.27. The van der Waals surface area contributed by atoms with Crippen LogP contribution in [0.1, 0.15) is 28.3 Å². The third-order valence-electron chi connectivity index (χ3n) is 5.47. The number of rotatable bonds is 3. The number of amides is 1. The SMILES string of the molecule is Cc1ccc(C)c(N2C(=O)C(=O)/C(=C(\O)c3ccc(Cl)c(Cl)c3)C2c2ccc(O)cc2)c1. The van der Waals surface area contributed by atoms with Gasteiger partial charge in [0.1, 0.15) is 11.5 Å².